The van der Waals surface area contributed by atoms with Gasteiger partial charge in [0.2, 0.25) is 0 Å². The minimum Gasteiger partial charge on any atom is -0.455 e. The highest BCUT2D eigenvalue weighted by Gasteiger charge is 2.22. The van der Waals surface area contributed by atoms with Gasteiger partial charge >= 0.3 is 0 Å². The van der Waals surface area contributed by atoms with Crippen LogP contribution in [-0.2, 0) is 0 Å². The van der Waals surface area contributed by atoms with Crippen molar-refractivity contribution in [1.82, 2.24) is 0 Å². The van der Waals surface area contributed by atoms with Gasteiger partial charge in [0.05, 0.1) is 6.85 Å². The van der Waals surface area contributed by atoms with Crippen LogP contribution in [0.3, 0.4) is 0 Å². The second kappa shape index (κ2) is 19.3. The van der Waals surface area contributed by atoms with Gasteiger partial charge in [0.25, 0.3) is 0 Å². The average molecular weight is 1010 g/mol. The number of fused-ring (bicyclic) bond motifs is 10. The molecule has 15 aromatic rings. The SMILES string of the molecule is [2H]c1c([2H])c([2H])c(-c2cccc(N(c3cc(-c4ccc5cc(-c6cccc7oc8c9ccccc9c9ccccc9c8c67)ccc5c4)cc(N(c4ccccc4)c4ccc(-c5ccccc5)cc4)c3)c3ccc4ccccc4c3)c2)c([2H])c1[2H]. The van der Waals surface area contributed by atoms with Crippen LogP contribution >= 0.6 is 0 Å². The third-order valence-electron chi connectivity index (χ3n) is 15.4. The summed E-state index contributed by atoms with van der Waals surface area (Å²) in [5, 5.41) is 11.2. The second-order valence-corrected chi connectivity index (χ2v) is 20.1. The van der Waals surface area contributed by atoms with Gasteiger partial charge in [0.15, 0.2) is 0 Å². The van der Waals surface area contributed by atoms with E-state index in [9.17, 15) is 0 Å². The fourth-order valence-corrected chi connectivity index (χ4v) is 11.7. The summed E-state index contributed by atoms with van der Waals surface area (Å²) in [5.41, 5.74) is 14.1. The summed E-state index contributed by atoms with van der Waals surface area (Å²) in [7, 11) is 0. The summed E-state index contributed by atoms with van der Waals surface area (Å²) in [4.78, 5) is 4.50. The Hall–Kier alpha value is -10.5. The van der Waals surface area contributed by atoms with Gasteiger partial charge in [0.1, 0.15) is 11.2 Å². The van der Waals surface area contributed by atoms with Crippen LogP contribution in [0.1, 0.15) is 6.85 Å². The zero-order valence-electron chi connectivity index (χ0n) is 47.8. The molecule has 3 heteroatoms. The van der Waals surface area contributed by atoms with Crippen molar-refractivity contribution in [3.63, 3.8) is 0 Å². The van der Waals surface area contributed by atoms with Crippen LogP contribution in [0.4, 0.5) is 34.1 Å². The molecule has 14 aromatic carbocycles. The number of nitrogens with zero attached hydrogens (tertiary/aromatic N) is 2. The van der Waals surface area contributed by atoms with Crippen LogP contribution in [0, 0.1) is 0 Å². The molecule has 370 valence electrons. The first kappa shape index (κ1) is 40.8. The number of benzene rings is 14. The number of hydrogen-bond acceptors (Lipinski definition) is 3. The largest absolute Gasteiger partial charge is 0.455 e. The molecule has 0 aliphatic rings. The molecule has 0 fully saturated rings. The molecular weight excluding hydrogens is 957 g/mol. The van der Waals surface area contributed by atoms with Crippen LogP contribution < -0.4 is 9.80 Å². The fourth-order valence-electron chi connectivity index (χ4n) is 11.7. The summed E-state index contributed by atoms with van der Waals surface area (Å²) in [6.45, 7) is 0. The van der Waals surface area contributed by atoms with Gasteiger partial charge in [-0.25, -0.2) is 0 Å². The lowest BCUT2D eigenvalue weighted by molar-refractivity contribution is 0.673. The Morgan fingerprint density at radius 1 is 0.266 bits per heavy atom. The maximum absolute atomic E-state index is 9.02. The first-order valence-electron chi connectivity index (χ1n) is 29.1. The molecule has 0 saturated carbocycles. The van der Waals surface area contributed by atoms with E-state index in [0.717, 1.165) is 116 Å². The highest BCUT2D eigenvalue weighted by molar-refractivity contribution is 6.32. The molecule has 1 heterocycles. The van der Waals surface area contributed by atoms with E-state index < -0.39 is 6.04 Å². The molecule has 0 aliphatic heterocycles. The zero-order valence-corrected chi connectivity index (χ0v) is 42.8. The van der Waals surface area contributed by atoms with E-state index in [4.69, 9.17) is 11.3 Å². The Morgan fingerprint density at radius 2 is 0.759 bits per heavy atom. The van der Waals surface area contributed by atoms with Crippen molar-refractivity contribution in [3.8, 4) is 44.5 Å². The Kier molecular flexibility index (Phi) is 9.95. The summed E-state index contributed by atoms with van der Waals surface area (Å²) in [5.74, 6) is 0. The summed E-state index contributed by atoms with van der Waals surface area (Å²) < 4.78 is 50.4. The molecule has 79 heavy (non-hydrogen) atoms. The molecule has 0 bridgehead atoms. The predicted octanol–water partition coefficient (Wildman–Crippen LogP) is 21.8. The lowest BCUT2D eigenvalue weighted by atomic mass is 9.92. The number of hydrogen-bond donors (Lipinski definition) is 0. The third-order valence-corrected chi connectivity index (χ3v) is 15.4. The molecule has 0 saturated heterocycles. The number of para-hydroxylation sites is 1. The molecule has 15 rings (SSSR count). The van der Waals surface area contributed by atoms with Crippen molar-refractivity contribution >= 4 is 99.2 Å². The van der Waals surface area contributed by atoms with Crippen molar-refractivity contribution in [1.29, 1.82) is 0 Å². The molecule has 0 radical (unpaired) electrons. The summed E-state index contributed by atoms with van der Waals surface area (Å²) >= 11 is 0. The maximum atomic E-state index is 9.02. The van der Waals surface area contributed by atoms with Crippen molar-refractivity contribution in [2.45, 2.75) is 0 Å². The monoisotopic (exact) mass is 1010 g/mol. The summed E-state index contributed by atoms with van der Waals surface area (Å²) in [6, 6.07) is 93.9. The molecule has 0 atom stereocenters. The quantitative estimate of drug-likeness (QED) is 0.127. The van der Waals surface area contributed by atoms with Gasteiger partial charge in [-0.15, -0.1) is 0 Å². The standard InChI is InChI=1S/C76H50N2O/c1-4-18-51(19-5-1)54-38-41-63(42-39-54)77(62-25-8-3-9-26-62)66-48-61(49-67(50-66)78(65-43-40-53-22-10-11-23-55(53)47-65)64-27-16-24-56(46-64)52-20-6-2-7-21-52)59-35-34-58-45-60(37-36-57(58)44-59)68-32-17-33-73-74(68)75-71-30-14-12-28-69(71)70-29-13-15-31-72(70)76(75)79-73/h1-50H/i2D,6D,7D,20D,21D. The van der Waals surface area contributed by atoms with Gasteiger partial charge < -0.3 is 14.2 Å². The predicted molar refractivity (Wildman–Crippen MR) is 335 cm³/mol. The highest BCUT2D eigenvalue weighted by Crippen LogP contribution is 2.47. The fraction of sp³-hybridized carbons (Fsp3) is 0. The molecular formula is C76H50N2O. The number of furan rings is 1. The zero-order chi connectivity index (χ0) is 56.6. The van der Waals surface area contributed by atoms with Gasteiger partial charge in [-0.3, -0.25) is 0 Å². The van der Waals surface area contributed by atoms with Crippen LogP contribution in [0.25, 0.3) is 110 Å². The van der Waals surface area contributed by atoms with Crippen LogP contribution in [0.15, 0.2) is 308 Å². The lowest BCUT2D eigenvalue weighted by Gasteiger charge is -2.31. The Morgan fingerprint density at radius 3 is 1.53 bits per heavy atom. The molecule has 0 aliphatic carbocycles. The molecule has 1 aromatic heterocycles. The highest BCUT2D eigenvalue weighted by atomic mass is 16.3. The van der Waals surface area contributed by atoms with E-state index >= 15 is 0 Å². The molecule has 0 amide bonds. The molecule has 0 unspecified atom stereocenters. The van der Waals surface area contributed by atoms with E-state index in [2.05, 4.69) is 234 Å². The third kappa shape index (κ3) is 8.24. The van der Waals surface area contributed by atoms with Crippen molar-refractivity contribution in [2.24, 2.45) is 0 Å². The van der Waals surface area contributed by atoms with E-state index in [1.807, 2.05) is 48.5 Å². The van der Waals surface area contributed by atoms with Gasteiger partial charge in [-0.1, -0.05) is 218 Å². The Balaban J connectivity index is 0.930. The minimum absolute atomic E-state index is 0.140. The maximum Gasteiger partial charge on any atom is 0.143 e. The second-order valence-electron chi connectivity index (χ2n) is 20.1. The molecule has 0 N–H and O–H groups in total. The van der Waals surface area contributed by atoms with E-state index in [0.29, 0.717) is 5.56 Å². The average Bonchev–Trinajstić information content (AvgIpc) is 1.76. The first-order chi connectivity index (χ1) is 41.2. The van der Waals surface area contributed by atoms with Gasteiger partial charge in [-0.05, 0) is 167 Å². The smallest absolute Gasteiger partial charge is 0.143 e. The molecule has 0 spiro atoms. The number of rotatable bonds is 10. The number of anilines is 6. The van der Waals surface area contributed by atoms with Gasteiger partial charge in [-0.2, -0.15) is 0 Å². The van der Waals surface area contributed by atoms with Crippen LogP contribution in [0.5, 0.6) is 0 Å². The van der Waals surface area contributed by atoms with Crippen molar-refractivity contribution < 1.29 is 11.3 Å². The molecule has 3 nitrogen and oxygen atoms in total. The minimum atomic E-state index is -0.429. The Labute approximate surface area is 465 Å². The van der Waals surface area contributed by atoms with Crippen molar-refractivity contribution in [2.75, 3.05) is 9.80 Å². The van der Waals surface area contributed by atoms with Gasteiger partial charge in [0, 0.05) is 50.3 Å². The Bertz CT molecular complexity index is 5070. The summed E-state index contributed by atoms with van der Waals surface area (Å²) in [6.07, 6.45) is 0. The van der Waals surface area contributed by atoms with Crippen LogP contribution in [0.2, 0.25) is 0 Å². The van der Waals surface area contributed by atoms with E-state index in [1.165, 1.54) is 16.2 Å². The van der Waals surface area contributed by atoms with Crippen molar-refractivity contribution in [3.05, 3.63) is 303 Å². The van der Waals surface area contributed by atoms with E-state index in [-0.39, 0.29) is 29.7 Å². The first-order valence-corrected chi connectivity index (χ1v) is 26.6. The van der Waals surface area contributed by atoms with E-state index in [1.54, 1.807) is 0 Å². The lowest BCUT2D eigenvalue weighted by Crippen LogP contribution is -2.13. The topological polar surface area (TPSA) is 19.6 Å². The normalized spacial score (nSPS) is 12.4. The van der Waals surface area contributed by atoms with Crippen LogP contribution in [-0.4, -0.2) is 0 Å².